The highest BCUT2D eigenvalue weighted by molar-refractivity contribution is 5.99. The van der Waals surface area contributed by atoms with Gasteiger partial charge in [0.1, 0.15) is 11.3 Å². The van der Waals surface area contributed by atoms with E-state index in [1.165, 1.54) is 0 Å². The van der Waals surface area contributed by atoms with Gasteiger partial charge in [-0.3, -0.25) is 4.79 Å². The minimum atomic E-state index is -0.103. The summed E-state index contributed by atoms with van der Waals surface area (Å²) >= 11 is 0. The smallest absolute Gasteiger partial charge is 0.289 e. The molecule has 27 heavy (non-hydrogen) atoms. The molecule has 0 spiro atoms. The lowest BCUT2D eigenvalue weighted by Gasteiger charge is -2.40. The number of rotatable bonds is 2. The molecule has 2 atom stereocenters. The summed E-state index contributed by atoms with van der Waals surface area (Å²) in [5.41, 5.74) is 2.45. The molecule has 2 aromatic heterocycles. The number of furan rings is 1. The lowest BCUT2D eigenvalue weighted by molar-refractivity contribution is -0.0608. The first kappa shape index (κ1) is 16.3. The van der Waals surface area contributed by atoms with Gasteiger partial charge in [-0.1, -0.05) is 5.21 Å². The molecule has 0 saturated carbocycles. The van der Waals surface area contributed by atoms with E-state index < -0.39 is 0 Å². The SMILES string of the molecule is COc1ccc2c(C)c(C(=O)N3CC[C@@H]4OCc5cnnn5[C@H]4C3)oc2c1. The van der Waals surface area contributed by atoms with Crippen molar-refractivity contribution in [2.24, 2.45) is 0 Å². The molecule has 0 radical (unpaired) electrons. The predicted octanol–water partition coefficient (Wildman–Crippen LogP) is 2.33. The van der Waals surface area contributed by atoms with E-state index in [1.54, 1.807) is 13.3 Å². The maximum atomic E-state index is 13.2. The van der Waals surface area contributed by atoms with Crippen LogP contribution in [0.2, 0.25) is 0 Å². The van der Waals surface area contributed by atoms with Gasteiger partial charge in [-0.2, -0.15) is 0 Å². The van der Waals surface area contributed by atoms with Crippen LogP contribution < -0.4 is 4.74 Å². The molecule has 1 aromatic carbocycles. The van der Waals surface area contributed by atoms with Crippen LogP contribution in [0.1, 0.15) is 34.3 Å². The van der Waals surface area contributed by atoms with E-state index in [-0.39, 0.29) is 18.1 Å². The summed E-state index contributed by atoms with van der Waals surface area (Å²) in [5.74, 6) is 0.981. The Morgan fingerprint density at radius 2 is 2.26 bits per heavy atom. The van der Waals surface area contributed by atoms with Crippen LogP contribution >= 0.6 is 0 Å². The van der Waals surface area contributed by atoms with Crippen molar-refractivity contribution >= 4 is 16.9 Å². The zero-order valence-corrected chi connectivity index (χ0v) is 15.2. The van der Waals surface area contributed by atoms with Gasteiger partial charge in [-0.05, 0) is 25.5 Å². The molecular weight excluding hydrogens is 348 g/mol. The molecule has 3 aromatic rings. The minimum Gasteiger partial charge on any atom is -0.497 e. The number of carbonyl (C=O) groups is 1. The van der Waals surface area contributed by atoms with Crippen molar-refractivity contribution in [1.82, 2.24) is 19.9 Å². The Morgan fingerprint density at radius 3 is 3.11 bits per heavy atom. The maximum absolute atomic E-state index is 13.2. The van der Waals surface area contributed by atoms with Gasteiger partial charge in [0.2, 0.25) is 0 Å². The van der Waals surface area contributed by atoms with E-state index in [1.807, 2.05) is 34.7 Å². The van der Waals surface area contributed by atoms with Crippen LogP contribution in [0.4, 0.5) is 0 Å². The first-order chi connectivity index (χ1) is 13.2. The van der Waals surface area contributed by atoms with E-state index in [4.69, 9.17) is 13.9 Å². The van der Waals surface area contributed by atoms with E-state index in [9.17, 15) is 4.79 Å². The summed E-state index contributed by atoms with van der Waals surface area (Å²) in [7, 11) is 1.61. The van der Waals surface area contributed by atoms with Crippen molar-refractivity contribution in [2.45, 2.75) is 32.1 Å². The van der Waals surface area contributed by atoms with Crippen LogP contribution in [-0.2, 0) is 11.3 Å². The second-order valence-electron chi connectivity index (χ2n) is 7.04. The molecule has 5 rings (SSSR count). The molecule has 0 aliphatic carbocycles. The number of carbonyl (C=O) groups excluding carboxylic acids is 1. The van der Waals surface area contributed by atoms with Crippen molar-refractivity contribution < 1.29 is 18.7 Å². The van der Waals surface area contributed by atoms with Gasteiger partial charge < -0.3 is 18.8 Å². The molecule has 2 aliphatic heterocycles. The van der Waals surface area contributed by atoms with E-state index >= 15 is 0 Å². The third kappa shape index (κ3) is 2.51. The summed E-state index contributed by atoms with van der Waals surface area (Å²) in [6, 6.07) is 5.59. The summed E-state index contributed by atoms with van der Waals surface area (Å²) in [4.78, 5) is 15.0. The van der Waals surface area contributed by atoms with Gasteiger partial charge in [0.25, 0.3) is 5.91 Å². The van der Waals surface area contributed by atoms with Crippen LogP contribution in [0, 0.1) is 6.92 Å². The zero-order valence-electron chi connectivity index (χ0n) is 15.2. The Bertz CT molecular complexity index is 1020. The van der Waals surface area contributed by atoms with Crippen LogP contribution in [0.5, 0.6) is 5.75 Å². The highest BCUT2D eigenvalue weighted by Gasteiger charge is 2.39. The van der Waals surface area contributed by atoms with Crippen molar-refractivity contribution in [2.75, 3.05) is 20.2 Å². The summed E-state index contributed by atoms with van der Waals surface area (Å²) < 4.78 is 19.0. The number of piperidine rings is 1. The summed E-state index contributed by atoms with van der Waals surface area (Å²) in [6.45, 7) is 3.59. The first-order valence-corrected chi connectivity index (χ1v) is 9.03. The first-order valence-electron chi connectivity index (χ1n) is 9.03. The Hall–Kier alpha value is -2.87. The Balaban J connectivity index is 1.45. The number of likely N-dealkylation sites (tertiary alicyclic amines) is 1. The van der Waals surface area contributed by atoms with Crippen LogP contribution in [-0.4, -0.2) is 52.1 Å². The standard InChI is InChI=1S/C19H20N4O4/c1-11-14-4-3-13(25-2)7-17(14)27-18(11)19(24)22-6-5-16-15(9-22)23-12(10-26-16)8-20-21-23/h3-4,7-8,15-16H,5-6,9-10H2,1-2H3/t15-,16-/m0/s1. The molecule has 2 aliphatic rings. The van der Waals surface area contributed by atoms with Crippen LogP contribution in [0.3, 0.4) is 0 Å². The van der Waals surface area contributed by atoms with E-state index in [0.717, 1.165) is 23.1 Å². The molecule has 1 fully saturated rings. The number of fused-ring (bicyclic) bond motifs is 4. The average molecular weight is 368 g/mol. The van der Waals surface area contributed by atoms with E-state index in [2.05, 4.69) is 10.3 Å². The number of aromatic nitrogens is 3. The minimum absolute atomic E-state index is 0.0151. The molecule has 1 amide bonds. The lowest BCUT2D eigenvalue weighted by atomic mass is 10.00. The van der Waals surface area contributed by atoms with E-state index in [0.29, 0.717) is 36.8 Å². The quantitative estimate of drug-likeness (QED) is 0.690. The van der Waals surface area contributed by atoms with Crippen molar-refractivity contribution in [1.29, 1.82) is 0 Å². The average Bonchev–Trinajstić information content (AvgIpc) is 3.31. The van der Waals surface area contributed by atoms with Crippen molar-refractivity contribution in [3.63, 3.8) is 0 Å². The van der Waals surface area contributed by atoms with Gasteiger partial charge in [-0.15, -0.1) is 5.10 Å². The number of nitrogens with zero attached hydrogens (tertiary/aromatic N) is 4. The number of benzene rings is 1. The normalized spacial score (nSPS) is 21.8. The Kier molecular flexibility index (Phi) is 3.68. The number of methoxy groups -OCH3 is 1. The van der Waals surface area contributed by atoms with Crippen LogP contribution in [0.15, 0.2) is 28.8 Å². The molecule has 0 N–H and O–H groups in total. The Labute approximate surface area is 155 Å². The number of hydrogen-bond acceptors (Lipinski definition) is 6. The zero-order chi connectivity index (χ0) is 18.5. The maximum Gasteiger partial charge on any atom is 0.289 e. The molecule has 1 saturated heterocycles. The summed E-state index contributed by atoms with van der Waals surface area (Å²) in [5, 5.41) is 9.10. The molecule has 0 bridgehead atoms. The Morgan fingerprint density at radius 1 is 1.37 bits per heavy atom. The fourth-order valence-electron chi connectivity index (χ4n) is 4.04. The topological polar surface area (TPSA) is 82.6 Å². The third-order valence-corrected chi connectivity index (χ3v) is 5.56. The number of aryl methyl sites for hydroxylation is 1. The molecular formula is C19H20N4O4. The second-order valence-corrected chi connectivity index (χ2v) is 7.04. The number of hydrogen-bond donors (Lipinski definition) is 0. The van der Waals surface area contributed by atoms with Gasteiger partial charge in [-0.25, -0.2) is 4.68 Å². The number of amides is 1. The fourth-order valence-corrected chi connectivity index (χ4v) is 4.04. The van der Waals surface area contributed by atoms with Gasteiger partial charge in [0.15, 0.2) is 5.76 Å². The monoisotopic (exact) mass is 368 g/mol. The molecule has 4 heterocycles. The molecule has 8 heteroatoms. The van der Waals surface area contributed by atoms with Crippen LogP contribution in [0.25, 0.3) is 11.0 Å². The fraction of sp³-hybridized carbons (Fsp3) is 0.421. The van der Waals surface area contributed by atoms with Gasteiger partial charge >= 0.3 is 0 Å². The van der Waals surface area contributed by atoms with Gasteiger partial charge in [0.05, 0.1) is 37.8 Å². The molecule has 0 unspecified atom stereocenters. The lowest BCUT2D eigenvalue weighted by Crippen LogP contribution is -2.49. The van der Waals surface area contributed by atoms with Crippen molar-refractivity contribution in [3.8, 4) is 5.75 Å². The van der Waals surface area contributed by atoms with Gasteiger partial charge in [0, 0.05) is 30.1 Å². The number of ether oxygens (including phenoxy) is 2. The highest BCUT2D eigenvalue weighted by Crippen LogP contribution is 2.33. The molecule has 8 nitrogen and oxygen atoms in total. The summed E-state index contributed by atoms with van der Waals surface area (Å²) in [6.07, 6.45) is 2.54. The third-order valence-electron chi connectivity index (χ3n) is 5.56. The highest BCUT2D eigenvalue weighted by atomic mass is 16.5. The predicted molar refractivity (Wildman–Crippen MR) is 95.7 cm³/mol. The van der Waals surface area contributed by atoms with Crippen molar-refractivity contribution in [3.05, 3.63) is 41.4 Å². The molecule has 140 valence electrons. The second kappa shape index (κ2) is 6.09. The largest absolute Gasteiger partial charge is 0.497 e.